The summed E-state index contributed by atoms with van der Waals surface area (Å²) in [6.45, 7) is 7.73. The molecule has 0 saturated carbocycles. The molecule has 5 rings (SSSR count). The molecule has 2 saturated heterocycles. The molecule has 1 unspecified atom stereocenters. The molecule has 1 spiro atoms. The van der Waals surface area contributed by atoms with E-state index in [2.05, 4.69) is 44.3 Å². The van der Waals surface area contributed by atoms with Crippen LogP contribution >= 0.6 is 0 Å². The zero-order valence-corrected chi connectivity index (χ0v) is 17.3. The van der Waals surface area contributed by atoms with E-state index in [1.54, 1.807) is 6.07 Å². The highest BCUT2D eigenvalue weighted by atomic mass is 16.5. The van der Waals surface area contributed by atoms with Gasteiger partial charge in [0.2, 0.25) is 5.89 Å². The molecular formula is C23H25N5O2. The highest BCUT2D eigenvalue weighted by molar-refractivity contribution is 5.93. The van der Waals surface area contributed by atoms with Crippen LogP contribution in [0.25, 0.3) is 0 Å². The Morgan fingerprint density at radius 1 is 1.07 bits per heavy atom. The second-order valence-corrected chi connectivity index (χ2v) is 8.58. The van der Waals surface area contributed by atoms with Gasteiger partial charge in [0.25, 0.3) is 5.91 Å². The van der Waals surface area contributed by atoms with Gasteiger partial charge in [-0.15, -0.1) is 0 Å². The van der Waals surface area contributed by atoms with Crippen LogP contribution in [0.2, 0.25) is 0 Å². The van der Waals surface area contributed by atoms with Crippen LogP contribution in [0.5, 0.6) is 0 Å². The number of rotatable bonds is 4. The molecule has 7 nitrogen and oxygen atoms in total. The molecule has 2 aliphatic rings. The quantitative estimate of drug-likeness (QED) is 0.667. The van der Waals surface area contributed by atoms with Crippen LogP contribution in [-0.4, -0.2) is 57.0 Å². The number of hydrogen-bond donors (Lipinski definition) is 0. The summed E-state index contributed by atoms with van der Waals surface area (Å²) in [5.41, 5.74) is 2.58. The monoisotopic (exact) mass is 403 g/mol. The molecule has 1 atom stereocenters. The van der Waals surface area contributed by atoms with Gasteiger partial charge < -0.3 is 9.42 Å². The van der Waals surface area contributed by atoms with Crippen LogP contribution < -0.4 is 0 Å². The van der Waals surface area contributed by atoms with E-state index < -0.39 is 0 Å². The summed E-state index contributed by atoms with van der Waals surface area (Å²) in [6.07, 6.45) is 0. The number of amides is 1. The van der Waals surface area contributed by atoms with Crippen molar-refractivity contribution in [2.45, 2.75) is 26.3 Å². The molecule has 154 valence electrons. The van der Waals surface area contributed by atoms with Crippen molar-refractivity contribution in [1.82, 2.24) is 24.9 Å². The van der Waals surface area contributed by atoms with E-state index in [0.717, 1.165) is 25.3 Å². The van der Waals surface area contributed by atoms with Crippen molar-refractivity contribution in [3.63, 3.8) is 0 Å². The second-order valence-electron chi connectivity index (χ2n) is 8.58. The lowest BCUT2D eigenvalue weighted by Gasteiger charge is -2.50. The fourth-order valence-electron chi connectivity index (χ4n) is 4.83. The largest absolute Gasteiger partial charge is 0.339 e. The van der Waals surface area contributed by atoms with Crippen LogP contribution in [0.15, 0.2) is 53.1 Å². The number of benzene rings is 1. The van der Waals surface area contributed by atoms with Gasteiger partial charge >= 0.3 is 0 Å². The minimum absolute atomic E-state index is 0.00806. The normalized spacial score (nSPS) is 20.5. The van der Waals surface area contributed by atoms with Crippen molar-refractivity contribution in [1.29, 1.82) is 0 Å². The molecule has 7 heteroatoms. The Labute approximate surface area is 175 Å². The Hall–Kier alpha value is -3.06. The smallest absolute Gasteiger partial charge is 0.272 e. The van der Waals surface area contributed by atoms with Gasteiger partial charge in [-0.1, -0.05) is 41.6 Å². The zero-order valence-electron chi connectivity index (χ0n) is 17.3. The summed E-state index contributed by atoms with van der Waals surface area (Å²) in [6, 6.07) is 16.0. The predicted octanol–water partition coefficient (Wildman–Crippen LogP) is 2.82. The molecule has 2 fully saturated rings. The minimum Gasteiger partial charge on any atom is -0.339 e. The van der Waals surface area contributed by atoms with Crippen LogP contribution in [0.1, 0.15) is 39.4 Å². The lowest BCUT2D eigenvalue weighted by Crippen LogP contribution is -2.61. The van der Waals surface area contributed by atoms with Gasteiger partial charge in [-0.05, 0) is 31.5 Å². The number of pyridine rings is 1. The Kier molecular flexibility index (Phi) is 4.62. The van der Waals surface area contributed by atoms with E-state index in [0.29, 0.717) is 30.5 Å². The average molecular weight is 403 g/mol. The molecular weight excluding hydrogens is 378 g/mol. The molecule has 0 aliphatic carbocycles. The fourth-order valence-corrected chi connectivity index (χ4v) is 4.83. The molecule has 2 aliphatic heterocycles. The Balaban J connectivity index is 1.36. The van der Waals surface area contributed by atoms with Gasteiger partial charge in [-0.2, -0.15) is 4.98 Å². The summed E-state index contributed by atoms with van der Waals surface area (Å²) >= 11 is 0. The van der Waals surface area contributed by atoms with Crippen molar-refractivity contribution >= 4 is 5.91 Å². The van der Waals surface area contributed by atoms with Crippen molar-refractivity contribution in [3.8, 4) is 0 Å². The van der Waals surface area contributed by atoms with E-state index in [1.807, 2.05) is 36.9 Å². The topological polar surface area (TPSA) is 75.4 Å². The van der Waals surface area contributed by atoms with E-state index in [-0.39, 0.29) is 17.2 Å². The van der Waals surface area contributed by atoms with Gasteiger partial charge in [-0.3, -0.25) is 9.69 Å². The SMILES string of the molecule is Cc1cccc(C(=O)N2CC3(CN(Cc4ccccc4)CC3c3nc(C)no3)C2)n1. The van der Waals surface area contributed by atoms with Gasteiger partial charge in [0, 0.05) is 43.8 Å². The summed E-state index contributed by atoms with van der Waals surface area (Å²) in [5, 5.41) is 4.01. The van der Waals surface area contributed by atoms with E-state index >= 15 is 0 Å². The lowest BCUT2D eigenvalue weighted by molar-refractivity contribution is -0.00167. The highest BCUT2D eigenvalue weighted by Crippen LogP contribution is 2.49. The number of nitrogens with zero attached hydrogens (tertiary/aromatic N) is 5. The van der Waals surface area contributed by atoms with Crippen molar-refractivity contribution < 1.29 is 9.32 Å². The molecule has 0 radical (unpaired) electrons. The number of carbonyl (C=O) groups excluding carboxylic acids is 1. The molecule has 30 heavy (non-hydrogen) atoms. The number of likely N-dealkylation sites (tertiary alicyclic amines) is 2. The fraction of sp³-hybridized carbons (Fsp3) is 0.391. The van der Waals surface area contributed by atoms with E-state index in [4.69, 9.17) is 4.52 Å². The van der Waals surface area contributed by atoms with Crippen LogP contribution in [0, 0.1) is 19.3 Å². The maximum atomic E-state index is 12.9. The molecule has 1 amide bonds. The minimum atomic E-state index is -0.0623. The first-order valence-electron chi connectivity index (χ1n) is 10.3. The van der Waals surface area contributed by atoms with Crippen LogP contribution in [-0.2, 0) is 6.54 Å². The summed E-state index contributed by atoms with van der Waals surface area (Å²) in [5.74, 6) is 1.45. The van der Waals surface area contributed by atoms with Crippen molar-refractivity contribution in [2.24, 2.45) is 5.41 Å². The highest BCUT2D eigenvalue weighted by Gasteiger charge is 2.57. The van der Waals surface area contributed by atoms with Crippen molar-refractivity contribution in [2.75, 3.05) is 26.2 Å². The third-order valence-electron chi connectivity index (χ3n) is 6.22. The van der Waals surface area contributed by atoms with Gasteiger partial charge in [-0.25, -0.2) is 4.98 Å². The summed E-state index contributed by atoms with van der Waals surface area (Å²) < 4.78 is 5.57. The van der Waals surface area contributed by atoms with E-state index in [9.17, 15) is 4.79 Å². The Morgan fingerprint density at radius 2 is 1.87 bits per heavy atom. The molecule has 2 aromatic heterocycles. The zero-order chi connectivity index (χ0) is 20.7. The third-order valence-corrected chi connectivity index (χ3v) is 6.22. The van der Waals surface area contributed by atoms with Crippen molar-refractivity contribution in [3.05, 3.63) is 77.2 Å². The summed E-state index contributed by atoms with van der Waals surface area (Å²) in [4.78, 5) is 26.2. The van der Waals surface area contributed by atoms with Gasteiger partial charge in [0.15, 0.2) is 5.82 Å². The van der Waals surface area contributed by atoms with E-state index in [1.165, 1.54) is 5.56 Å². The standard InChI is InChI=1S/C23H25N5O2/c1-16-7-6-10-20(24-16)22(29)28-14-23(15-28)13-27(11-18-8-4-3-5-9-18)12-19(23)21-25-17(2)26-30-21/h3-10,19H,11-15H2,1-2H3. The van der Waals surface area contributed by atoms with Crippen LogP contribution in [0.3, 0.4) is 0 Å². The number of aryl methyl sites for hydroxylation is 2. The lowest BCUT2D eigenvalue weighted by atomic mass is 9.71. The average Bonchev–Trinajstić information content (AvgIpc) is 3.31. The number of carbonyl (C=O) groups is 1. The molecule has 3 aromatic rings. The van der Waals surface area contributed by atoms with Gasteiger partial charge in [0.05, 0.1) is 5.92 Å². The summed E-state index contributed by atoms with van der Waals surface area (Å²) in [7, 11) is 0. The predicted molar refractivity (Wildman–Crippen MR) is 111 cm³/mol. The Morgan fingerprint density at radius 3 is 2.57 bits per heavy atom. The maximum absolute atomic E-state index is 12.9. The number of aromatic nitrogens is 3. The maximum Gasteiger partial charge on any atom is 0.272 e. The molecule has 0 bridgehead atoms. The Bertz CT molecular complexity index is 1060. The second kappa shape index (κ2) is 7.32. The first kappa shape index (κ1) is 18.9. The first-order valence-corrected chi connectivity index (χ1v) is 10.3. The first-order chi connectivity index (χ1) is 14.5. The molecule has 1 aromatic carbocycles. The molecule has 4 heterocycles. The number of hydrogen-bond acceptors (Lipinski definition) is 6. The third kappa shape index (κ3) is 3.39. The van der Waals surface area contributed by atoms with Crippen LogP contribution in [0.4, 0.5) is 0 Å². The molecule has 0 N–H and O–H groups in total. The van der Waals surface area contributed by atoms with Gasteiger partial charge in [0.1, 0.15) is 5.69 Å².